The molecule has 1 aromatic carbocycles. The Labute approximate surface area is 191 Å². The summed E-state index contributed by atoms with van der Waals surface area (Å²) in [6.07, 6.45) is 1.01. The molecule has 0 bridgehead atoms. The van der Waals surface area contributed by atoms with Gasteiger partial charge in [0.05, 0.1) is 23.9 Å². The highest BCUT2D eigenvalue weighted by atomic mass is 32.2. The van der Waals surface area contributed by atoms with E-state index in [2.05, 4.69) is 20.8 Å². The molecular weight excluding hydrogens is 457 g/mol. The van der Waals surface area contributed by atoms with Crippen LogP contribution in [0.3, 0.4) is 0 Å². The van der Waals surface area contributed by atoms with Crippen molar-refractivity contribution in [3.05, 3.63) is 23.5 Å². The number of nitrogens with one attached hydrogen (secondary N) is 2. The summed E-state index contributed by atoms with van der Waals surface area (Å²) < 4.78 is 22.2. The number of imide groups is 2. The van der Waals surface area contributed by atoms with Crippen molar-refractivity contribution in [2.75, 3.05) is 17.7 Å². The molecule has 3 aliphatic rings. The average Bonchev–Trinajstić information content (AvgIpc) is 3.20. The quantitative estimate of drug-likeness (QED) is 0.499. The van der Waals surface area contributed by atoms with Crippen LogP contribution in [-0.4, -0.2) is 59.1 Å². The van der Waals surface area contributed by atoms with Crippen LogP contribution in [0.4, 0.5) is 14.9 Å². The number of barbiturate groups is 1. The molecule has 1 aromatic heterocycles. The Morgan fingerprint density at radius 1 is 1.22 bits per heavy atom. The van der Waals surface area contributed by atoms with Gasteiger partial charge in [-0.3, -0.25) is 20.2 Å². The van der Waals surface area contributed by atoms with Crippen LogP contribution < -0.4 is 15.5 Å². The van der Waals surface area contributed by atoms with Crippen molar-refractivity contribution in [3.8, 4) is 10.6 Å². The zero-order valence-corrected chi connectivity index (χ0v) is 19.1. The van der Waals surface area contributed by atoms with Crippen molar-refractivity contribution in [1.29, 1.82) is 0 Å². The van der Waals surface area contributed by atoms with Gasteiger partial charge in [-0.25, -0.2) is 9.18 Å². The lowest BCUT2D eigenvalue weighted by molar-refractivity contribution is -0.153. The number of hydrogen-bond donors (Lipinski definition) is 2. The van der Waals surface area contributed by atoms with E-state index in [4.69, 9.17) is 4.74 Å². The maximum Gasteiger partial charge on any atom is 0.328 e. The lowest BCUT2D eigenvalue weighted by Crippen LogP contribution is -2.75. The Morgan fingerprint density at radius 3 is 2.59 bits per heavy atom. The van der Waals surface area contributed by atoms with Crippen LogP contribution >= 0.6 is 23.1 Å². The molecule has 3 atom stereocenters. The van der Waals surface area contributed by atoms with E-state index in [1.54, 1.807) is 17.9 Å². The number of carbonyl (C=O) groups excluding carboxylic acids is 3. The van der Waals surface area contributed by atoms with E-state index in [1.807, 2.05) is 13.2 Å². The second-order valence-electron chi connectivity index (χ2n) is 8.18. The molecule has 2 fully saturated rings. The number of hydrogen-bond acceptors (Lipinski definition) is 9. The smallest absolute Gasteiger partial charge is 0.328 e. The molecule has 1 spiro atoms. The normalized spacial score (nSPS) is 26.4. The van der Waals surface area contributed by atoms with Gasteiger partial charge in [-0.2, -0.15) is 0 Å². The van der Waals surface area contributed by atoms with Gasteiger partial charge in [0.15, 0.2) is 9.75 Å². The molecule has 168 valence electrons. The van der Waals surface area contributed by atoms with Gasteiger partial charge in [0.2, 0.25) is 11.8 Å². The van der Waals surface area contributed by atoms with Gasteiger partial charge >= 0.3 is 6.03 Å². The number of rotatable bonds is 2. The van der Waals surface area contributed by atoms with Crippen LogP contribution in [0, 0.1) is 11.2 Å². The Bertz CT molecular complexity index is 1140. The molecule has 2 N–H and O–H groups in total. The van der Waals surface area contributed by atoms with E-state index in [0.717, 1.165) is 4.34 Å². The number of urea groups is 1. The van der Waals surface area contributed by atoms with Gasteiger partial charge in [0.1, 0.15) is 10.8 Å². The number of ether oxygens (including phenoxy) is 1. The summed E-state index contributed by atoms with van der Waals surface area (Å²) in [6, 6.07) is 1.53. The highest BCUT2D eigenvalue weighted by Gasteiger charge is 2.63. The molecular formula is C20H20FN5O4S2. The molecule has 0 saturated carbocycles. The number of carbonyl (C=O) groups is 3. The first-order valence-electron chi connectivity index (χ1n) is 10.0. The molecule has 5 rings (SSSR count). The zero-order valence-electron chi connectivity index (χ0n) is 17.5. The monoisotopic (exact) mass is 477 g/mol. The molecule has 12 heteroatoms. The van der Waals surface area contributed by atoms with Gasteiger partial charge in [-0.1, -0.05) is 23.1 Å². The van der Waals surface area contributed by atoms with Gasteiger partial charge in [0.25, 0.3) is 0 Å². The summed E-state index contributed by atoms with van der Waals surface area (Å²) in [6.45, 7) is 3.91. The van der Waals surface area contributed by atoms with Crippen LogP contribution in [0.2, 0.25) is 0 Å². The molecule has 2 saturated heterocycles. The SMILES string of the molecule is CSc1nnc(-c2cc(F)c3c(c2)CC2(C(=O)NC(=O)NC2=O)[C@@H]2C(C)OC(C)CN32)s1. The highest BCUT2D eigenvalue weighted by molar-refractivity contribution is 8.00. The topological polar surface area (TPSA) is 114 Å². The molecule has 3 aliphatic heterocycles. The van der Waals surface area contributed by atoms with Crippen LogP contribution in [0.15, 0.2) is 16.5 Å². The molecule has 2 unspecified atom stereocenters. The molecule has 4 amide bonds. The Kier molecular flexibility index (Phi) is 4.98. The van der Waals surface area contributed by atoms with Crippen LogP contribution in [0.25, 0.3) is 10.6 Å². The van der Waals surface area contributed by atoms with Crippen molar-refractivity contribution < 1.29 is 23.5 Å². The van der Waals surface area contributed by atoms with Gasteiger partial charge < -0.3 is 9.64 Å². The summed E-state index contributed by atoms with van der Waals surface area (Å²) in [7, 11) is 0. The fourth-order valence-electron chi connectivity index (χ4n) is 5.07. The largest absolute Gasteiger partial charge is 0.372 e. The van der Waals surface area contributed by atoms with E-state index >= 15 is 4.39 Å². The Balaban J connectivity index is 1.70. The van der Waals surface area contributed by atoms with Gasteiger partial charge in [0, 0.05) is 18.5 Å². The molecule has 9 nitrogen and oxygen atoms in total. The number of anilines is 1. The number of fused-ring (bicyclic) bond motifs is 4. The third kappa shape index (κ3) is 3.04. The Hall–Kier alpha value is -2.57. The highest BCUT2D eigenvalue weighted by Crippen LogP contribution is 2.48. The summed E-state index contributed by atoms with van der Waals surface area (Å²) >= 11 is 2.78. The predicted molar refractivity (Wildman–Crippen MR) is 116 cm³/mol. The number of aromatic nitrogens is 2. The van der Waals surface area contributed by atoms with E-state index in [1.165, 1.54) is 29.2 Å². The summed E-state index contributed by atoms with van der Waals surface area (Å²) in [5.74, 6) is -1.88. The second-order valence-corrected chi connectivity index (χ2v) is 10.2. The molecule has 0 radical (unpaired) electrons. The van der Waals surface area contributed by atoms with Crippen molar-refractivity contribution in [1.82, 2.24) is 20.8 Å². The minimum Gasteiger partial charge on any atom is -0.372 e. The first-order valence-corrected chi connectivity index (χ1v) is 12.1. The lowest BCUT2D eigenvalue weighted by atomic mass is 9.66. The number of amides is 4. The predicted octanol–water partition coefficient (Wildman–Crippen LogP) is 1.96. The minimum atomic E-state index is -1.64. The number of morpholine rings is 1. The maximum atomic E-state index is 15.6. The van der Waals surface area contributed by atoms with Crippen LogP contribution in [0.1, 0.15) is 19.4 Å². The average molecular weight is 478 g/mol. The van der Waals surface area contributed by atoms with Crippen molar-refractivity contribution in [3.63, 3.8) is 0 Å². The fourth-order valence-corrected chi connectivity index (χ4v) is 6.32. The van der Waals surface area contributed by atoms with Gasteiger partial charge in [-0.15, -0.1) is 10.2 Å². The van der Waals surface area contributed by atoms with Crippen molar-refractivity contribution >= 4 is 46.6 Å². The minimum absolute atomic E-state index is 0.0739. The number of nitrogens with zero attached hydrogens (tertiary/aromatic N) is 3. The standard InChI is InChI=1S/C20H20FN5O4S2/c1-8-7-26-13-11(4-10(5-12(13)21)15-24-25-19(31-3)32-15)6-20(14(26)9(2)30-8)16(27)22-18(29)23-17(20)28/h4-5,8-9,14H,6-7H2,1-3H3,(H2,22,23,27,28,29)/t8?,9?,14-/m0/s1. The molecule has 2 aromatic rings. The van der Waals surface area contributed by atoms with E-state index in [9.17, 15) is 14.4 Å². The lowest BCUT2D eigenvalue weighted by Gasteiger charge is -2.55. The third-order valence-electron chi connectivity index (χ3n) is 6.18. The van der Waals surface area contributed by atoms with E-state index in [0.29, 0.717) is 28.4 Å². The van der Waals surface area contributed by atoms with E-state index < -0.39 is 41.2 Å². The molecule has 0 aliphatic carbocycles. The van der Waals surface area contributed by atoms with Crippen molar-refractivity contribution in [2.24, 2.45) is 5.41 Å². The maximum absolute atomic E-state index is 15.6. The molecule has 4 heterocycles. The summed E-state index contributed by atoms with van der Waals surface area (Å²) in [5.41, 5.74) is -0.275. The third-order valence-corrected chi connectivity index (χ3v) is 8.13. The molecule has 32 heavy (non-hydrogen) atoms. The van der Waals surface area contributed by atoms with Crippen LogP contribution in [-0.2, 0) is 20.7 Å². The van der Waals surface area contributed by atoms with Gasteiger partial charge in [-0.05, 0) is 37.8 Å². The van der Waals surface area contributed by atoms with Crippen LogP contribution in [0.5, 0.6) is 0 Å². The number of halogens is 1. The number of thioether (sulfide) groups is 1. The first kappa shape index (κ1) is 21.3. The first-order chi connectivity index (χ1) is 15.2. The number of benzene rings is 1. The fraction of sp³-hybridized carbons (Fsp3) is 0.450. The Morgan fingerprint density at radius 2 is 1.94 bits per heavy atom. The second kappa shape index (κ2) is 7.49. The van der Waals surface area contributed by atoms with E-state index in [-0.39, 0.29) is 12.5 Å². The summed E-state index contributed by atoms with van der Waals surface area (Å²) in [5, 5.41) is 13.2. The zero-order chi connectivity index (χ0) is 22.8. The van der Waals surface area contributed by atoms with Crippen molar-refractivity contribution in [2.45, 2.75) is 42.9 Å². The summed E-state index contributed by atoms with van der Waals surface area (Å²) in [4.78, 5) is 39.9.